The van der Waals surface area contributed by atoms with Gasteiger partial charge >= 0.3 is 0 Å². The lowest BCUT2D eigenvalue weighted by Gasteiger charge is -2.13. The van der Waals surface area contributed by atoms with E-state index in [1.165, 1.54) is 18.9 Å². The molecule has 0 heterocycles. The Kier molecular flexibility index (Phi) is 3.54. The Morgan fingerprint density at radius 2 is 2.12 bits per heavy atom. The predicted octanol–water partition coefficient (Wildman–Crippen LogP) is 3.21. The van der Waals surface area contributed by atoms with Crippen LogP contribution in [0.25, 0.3) is 0 Å². The second-order valence-electron chi connectivity index (χ2n) is 4.58. The molecule has 1 fully saturated rings. The fraction of sp³-hybridized carbons (Fsp3) is 0.538. The van der Waals surface area contributed by atoms with E-state index in [9.17, 15) is 8.78 Å². The molecule has 0 amide bonds. The van der Waals surface area contributed by atoms with Crippen molar-refractivity contribution in [2.45, 2.75) is 38.1 Å². The fourth-order valence-corrected chi connectivity index (χ4v) is 1.85. The molecule has 0 aliphatic heterocycles. The van der Waals surface area contributed by atoms with Crippen LogP contribution in [0.2, 0.25) is 0 Å². The molecule has 16 heavy (non-hydrogen) atoms. The first-order valence-electron chi connectivity index (χ1n) is 5.85. The summed E-state index contributed by atoms with van der Waals surface area (Å²) in [6, 6.07) is 4.51. The number of hydrogen-bond donors (Lipinski definition) is 1. The molecule has 2 rings (SSSR count). The molecule has 0 bridgehead atoms. The second kappa shape index (κ2) is 4.91. The van der Waals surface area contributed by atoms with Crippen LogP contribution in [0.4, 0.5) is 8.78 Å². The van der Waals surface area contributed by atoms with Gasteiger partial charge in [0.25, 0.3) is 0 Å². The average Bonchev–Trinajstić information content (AvgIpc) is 3.01. The van der Waals surface area contributed by atoms with Crippen LogP contribution in [-0.2, 0) is 0 Å². The van der Waals surface area contributed by atoms with Crippen LogP contribution in [0.1, 0.15) is 37.7 Å². The minimum Gasteiger partial charge on any atom is -0.314 e. The molecule has 1 aliphatic rings. The first-order valence-corrected chi connectivity index (χ1v) is 5.85. The van der Waals surface area contributed by atoms with Crippen molar-refractivity contribution in [3.8, 4) is 0 Å². The third-order valence-corrected chi connectivity index (χ3v) is 3.08. The smallest absolute Gasteiger partial charge is 0.129 e. The zero-order valence-electron chi connectivity index (χ0n) is 9.47. The summed E-state index contributed by atoms with van der Waals surface area (Å²) >= 11 is 0. The largest absolute Gasteiger partial charge is 0.314 e. The highest BCUT2D eigenvalue weighted by atomic mass is 19.1. The van der Waals surface area contributed by atoms with Crippen LogP contribution in [0.5, 0.6) is 0 Å². The summed E-state index contributed by atoms with van der Waals surface area (Å²) < 4.78 is 26.2. The van der Waals surface area contributed by atoms with Crippen LogP contribution >= 0.6 is 0 Å². The first kappa shape index (κ1) is 11.5. The maximum absolute atomic E-state index is 13.4. The van der Waals surface area contributed by atoms with E-state index in [4.69, 9.17) is 0 Å². The lowest BCUT2D eigenvalue weighted by atomic mass is 9.97. The Labute approximate surface area is 94.9 Å². The van der Waals surface area contributed by atoms with Crippen LogP contribution in [0.15, 0.2) is 18.2 Å². The van der Waals surface area contributed by atoms with Gasteiger partial charge < -0.3 is 5.32 Å². The number of hydrogen-bond acceptors (Lipinski definition) is 1. The normalized spacial score (nSPS) is 17.4. The van der Waals surface area contributed by atoms with Gasteiger partial charge in [0.15, 0.2) is 0 Å². The molecule has 1 saturated carbocycles. The van der Waals surface area contributed by atoms with E-state index in [-0.39, 0.29) is 5.92 Å². The first-order chi connectivity index (χ1) is 7.66. The van der Waals surface area contributed by atoms with Crippen molar-refractivity contribution in [1.29, 1.82) is 0 Å². The van der Waals surface area contributed by atoms with E-state index in [1.54, 1.807) is 6.07 Å². The summed E-state index contributed by atoms with van der Waals surface area (Å²) in [5.41, 5.74) is 0.610. The van der Waals surface area contributed by atoms with E-state index >= 15 is 0 Å². The molecule has 88 valence electrons. The van der Waals surface area contributed by atoms with Crippen LogP contribution in [0.3, 0.4) is 0 Å². The molecule has 1 atom stereocenters. The van der Waals surface area contributed by atoms with Gasteiger partial charge in [0, 0.05) is 12.1 Å². The monoisotopic (exact) mass is 225 g/mol. The third kappa shape index (κ3) is 3.01. The van der Waals surface area contributed by atoms with Gasteiger partial charge in [-0.25, -0.2) is 8.78 Å². The highest BCUT2D eigenvalue weighted by Gasteiger charge is 2.20. The molecule has 0 radical (unpaired) electrons. The van der Waals surface area contributed by atoms with Crippen molar-refractivity contribution in [1.82, 2.24) is 5.32 Å². The van der Waals surface area contributed by atoms with E-state index in [1.807, 2.05) is 6.92 Å². The molecule has 1 aliphatic carbocycles. The second-order valence-corrected chi connectivity index (χ2v) is 4.58. The van der Waals surface area contributed by atoms with Crippen molar-refractivity contribution >= 4 is 0 Å². The number of halogens is 2. The maximum Gasteiger partial charge on any atom is 0.129 e. The SMILES string of the molecule is CC(CCNC1CC1)c1ccc(F)cc1F. The standard InChI is InChI=1S/C13H17F2N/c1-9(6-7-16-11-3-4-11)12-5-2-10(14)8-13(12)15/h2,5,8-9,11,16H,3-4,6-7H2,1H3. The van der Waals surface area contributed by atoms with Crippen molar-refractivity contribution in [3.63, 3.8) is 0 Å². The zero-order chi connectivity index (χ0) is 11.5. The fourth-order valence-electron chi connectivity index (χ4n) is 1.85. The molecule has 0 spiro atoms. The van der Waals surface area contributed by atoms with Crippen molar-refractivity contribution in [3.05, 3.63) is 35.4 Å². The highest BCUT2D eigenvalue weighted by Crippen LogP contribution is 2.23. The summed E-state index contributed by atoms with van der Waals surface area (Å²) in [4.78, 5) is 0. The summed E-state index contributed by atoms with van der Waals surface area (Å²) in [6.07, 6.45) is 3.41. The molecule has 0 aromatic heterocycles. The lowest BCUT2D eigenvalue weighted by molar-refractivity contribution is 0.537. The molecule has 1 unspecified atom stereocenters. The van der Waals surface area contributed by atoms with Gasteiger partial charge in [-0.3, -0.25) is 0 Å². The predicted molar refractivity (Wildman–Crippen MR) is 60.4 cm³/mol. The number of rotatable bonds is 5. The van der Waals surface area contributed by atoms with Crippen molar-refractivity contribution in [2.24, 2.45) is 0 Å². The van der Waals surface area contributed by atoms with Gasteiger partial charge in [0.2, 0.25) is 0 Å². The van der Waals surface area contributed by atoms with Gasteiger partial charge in [-0.05, 0) is 43.4 Å². The highest BCUT2D eigenvalue weighted by molar-refractivity contribution is 5.22. The number of nitrogens with one attached hydrogen (secondary N) is 1. The molecule has 1 aromatic carbocycles. The van der Waals surface area contributed by atoms with Crippen LogP contribution < -0.4 is 5.32 Å². The Morgan fingerprint density at radius 1 is 1.38 bits per heavy atom. The minimum absolute atomic E-state index is 0.131. The molecule has 1 nitrogen and oxygen atoms in total. The van der Waals surface area contributed by atoms with Crippen molar-refractivity contribution in [2.75, 3.05) is 6.54 Å². The molecular weight excluding hydrogens is 208 g/mol. The van der Waals surface area contributed by atoms with Crippen LogP contribution in [-0.4, -0.2) is 12.6 Å². The third-order valence-electron chi connectivity index (χ3n) is 3.08. The Hall–Kier alpha value is -0.960. The van der Waals surface area contributed by atoms with Crippen LogP contribution in [0, 0.1) is 11.6 Å². The van der Waals surface area contributed by atoms with Gasteiger partial charge in [-0.15, -0.1) is 0 Å². The van der Waals surface area contributed by atoms with Crippen molar-refractivity contribution < 1.29 is 8.78 Å². The Bertz CT molecular complexity index is 361. The van der Waals surface area contributed by atoms with E-state index in [0.717, 1.165) is 19.0 Å². The van der Waals surface area contributed by atoms with Gasteiger partial charge in [-0.2, -0.15) is 0 Å². The topological polar surface area (TPSA) is 12.0 Å². The average molecular weight is 225 g/mol. The summed E-state index contributed by atoms with van der Waals surface area (Å²) in [6.45, 7) is 2.88. The van der Waals surface area contributed by atoms with Gasteiger partial charge in [0.1, 0.15) is 11.6 Å². The van der Waals surface area contributed by atoms with E-state index in [0.29, 0.717) is 11.6 Å². The van der Waals surface area contributed by atoms with E-state index in [2.05, 4.69) is 5.32 Å². The number of benzene rings is 1. The summed E-state index contributed by atoms with van der Waals surface area (Å²) in [7, 11) is 0. The molecule has 0 saturated heterocycles. The molecular formula is C13H17F2N. The maximum atomic E-state index is 13.4. The molecule has 1 aromatic rings. The Balaban J connectivity index is 1.88. The lowest BCUT2D eigenvalue weighted by Crippen LogP contribution is -2.19. The Morgan fingerprint density at radius 3 is 2.75 bits per heavy atom. The quantitative estimate of drug-likeness (QED) is 0.811. The summed E-state index contributed by atoms with van der Waals surface area (Å²) in [5, 5.41) is 3.39. The molecule has 1 N–H and O–H groups in total. The molecule has 3 heteroatoms. The van der Waals surface area contributed by atoms with Gasteiger partial charge in [0.05, 0.1) is 0 Å². The summed E-state index contributed by atoms with van der Waals surface area (Å²) in [5.74, 6) is -0.810. The zero-order valence-corrected chi connectivity index (χ0v) is 9.47. The van der Waals surface area contributed by atoms with E-state index < -0.39 is 11.6 Å². The minimum atomic E-state index is -0.510. The van der Waals surface area contributed by atoms with Gasteiger partial charge in [-0.1, -0.05) is 13.0 Å².